The highest BCUT2D eigenvalue weighted by atomic mass is 28.3. The van der Waals surface area contributed by atoms with Gasteiger partial charge in [0.25, 0.3) is 0 Å². The van der Waals surface area contributed by atoms with E-state index >= 15 is 0 Å². The number of amides is 1. The number of hydroxylamine groups is 2. The number of nitrogens with zero attached hydrogens (tertiary/aromatic N) is 2. The summed E-state index contributed by atoms with van der Waals surface area (Å²) in [6.07, 6.45) is -0.340. The first-order valence-electron chi connectivity index (χ1n) is 9.01. The third-order valence-corrected chi connectivity index (χ3v) is 4.76. The highest BCUT2D eigenvalue weighted by Gasteiger charge is 2.32. The predicted octanol–water partition coefficient (Wildman–Crippen LogP) is 3.90. The second kappa shape index (κ2) is 7.83. The molecule has 1 saturated heterocycles. The van der Waals surface area contributed by atoms with E-state index in [1.807, 2.05) is 45.0 Å². The van der Waals surface area contributed by atoms with Crippen LogP contribution in [0.5, 0.6) is 0 Å². The molecule has 0 radical (unpaired) electrons. The molecule has 5 nitrogen and oxygen atoms in total. The zero-order valence-corrected chi connectivity index (χ0v) is 17.7. The molecule has 0 bridgehead atoms. The van der Waals surface area contributed by atoms with Crippen LogP contribution in [0.15, 0.2) is 24.3 Å². The normalized spacial score (nSPS) is 18.9. The molecule has 0 aliphatic carbocycles. The second-order valence-corrected chi connectivity index (χ2v) is 13.5. The zero-order valence-electron chi connectivity index (χ0n) is 16.7. The molecule has 1 aliphatic rings. The first kappa shape index (κ1) is 20.5. The van der Waals surface area contributed by atoms with Gasteiger partial charge in [-0.1, -0.05) is 37.7 Å². The minimum absolute atomic E-state index is 0.268. The first-order chi connectivity index (χ1) is 11.9. The maximum absolute atomic E-state index is 12.3. The number of hydrogen-bond acceptors (Lipinski definition) is 4. The Morgan fingerprint density at radius 3 is 2.35 bits per heavy atom. The van der Waals surface area contributed by atoms with Gasteiger partial charge in [-0.25, -0.2) is 4.79 Å². The average molecular weight is 375 g/mol. The van der Waals surface area contributed by atoms with Gasteiger partial charge in [-0.05, 0) is 38.5 Å². The van der Waals surface area contributed by atoms with Gasteiger partial charge < -0.3 is 14.8 Å². The molecular formula is C20H30N2O3Si. The lowest BCUT2D eigenvalue weighted by Gasteiger charge is -2.38. The summed E-state index contributed by atoms with van der Waals surface area (Å²) in [4.78, 5) is 14.0. The van der Waals surface area contributed by atoms with Crippen LogP contribution in [0, 0.1) is 11.5 Å². The summed E-state index contributed by atoms with van der Waals surface area (Å²) >= 11 is 0. The van der Waals surface area contributed by atoms with Crippen molar-refractivity contribution in [2.24, 2.45) is 0 Å². The quantitative estimate of drug-likeness (QED) is 0.598. The SMILES string of the molecule is CC(C)(C)OC(=O)N1CCN(O)C(c2ccc(C#C[Si](C)(C)C)cc2)C1. The number of carbonyl (C=O) groups is 1. The molecule has 1 atom stereocenters. The van der Waals surface area contributed by atoms with Gasteiger partial charge >= 0.3 is 6.09 Å². The Hall–Kier alpha value is -1.81. The van der Waals surface area contributed by atoms with Crippen molar-refractivity contribution in [3.63, 3.8) is 0 Å². The molecule has 26 heavy (non-hydrogen) atoms. The van der Waals surface area contributed by atoms with Crippen molar-refractivity contribution in [3.05, 3.63) is 35.4 Å². The summed E-state index contributed by atoms with van der Waals surface area (Å²) < 4.78 is 5.45. The van der Waals surface area contributed by atoms with E-state index in [1.165, 1.54) is 5.06 Å². The van der Waals surface area contributed by atoms with Crippen molar-refractivity contribution < 1.29 is 14.7 Å². The standard InChI is InChI=1S/C20H30N2O3Si/c1-20(2,3)25-19(23)21-12-13-22(24)18(15-21)17-9-7-16(8-10-17)11-14-26(4,5)6/h7-10,18,24H,12-13,15H2,1-6H3. The number of benzene rings is 1. The zero-order chi connectivity index (χ0) is 19.5. The topological polar surface area (TPSA) is 53.0 Å². The second-order valence-electron chi connectivity index (χ2n) is 8.73. The highest BCUT2D eigenvalue weighted by molar-refractivity contribution is 6.83. The molecule has 0 spiro atoms. The van der Waals surface area contributed by atoms with Crippen molar-refractivity contribution in [2.75, 3.05) is 19.6 Å². The fourth-order valence-electron chi connectivity index (χ4n) is 2.59. The van der Waals surface area contributed by atoms with E-state index in [-0.39, 0.29) is 12.1 Å². The molecule has 1 aromatic rings. The van der Waals surface area contributed by atoms with Gasteiger partial charge in [-0.15, -0.1) is 5.54 Å². The Morgan fingerprint density at radius 2 is 1.81 bits per heavy atom. The van der Waals surface area contributed by atoms with Crippen LogP contribution in [0.1, 0.15) is 37.9 Å². The lowest BCUT2D eigenvalue weighted by atomic mass is 10.0. The van der Waals surface area contributed by atoms with Crippen LogP contribution in [0.3, 0.4) is 0 Å². The monoisotopic (exact) mass is 374 g/mol. The Balaban J connectivity index is 2.11. The van der Waals surface area contributed by atoms with Crippen molar-refractivity contribution >= 4 is 14.2 Å². The van der Waals surface area contributed by atoms with Crippen LogP contribution in [-0.4, -0.2) is 54.6 Å². The third-order valence-electron chi connectivity index (χ3n) is 3.88. The van der Waals surface area contributed by atoms with Gasteiger partial charge in [0.05, 0.1) is 6.04 Å². The Labute approximate surface area is 157 Å². The molecule has 1 aromatic carbocycles. The van der Waals surface area contributed by atoms with Gasteiger partial charge in [0.15, 0.2) is 0 Å². The van der Waals surface area contributed by atoms with E-state index in [2.05, 4.69) is 31.1 Å². The first-order valence-corrected chi connectivity index (χ1v) is 12.5. The minimum Gasteiger partial charge on any atom is -0.444 e. The number of ether oxygens (including phenoxy) is 1. The Kier molecular flexibility index (Phi) is 6.17. The molecule has 1 N–H and O–H groups in total. The maximum atomic E-state index is 12.3. The lowest BCUT2D eigenvalue weighted by molar-refractivity contribution is -0.155. The number of piperazine rings is 1. The lowest BCUT2D eigenvalue weighted by Crippen LogP contribution is -2.50. The fourth-order valence-corrected chi connectivity index (χ4v) is 3.11. The predicted molar refractivity (Wildman–Crippen MR) is 106 cm³/mol. The number of rotatable bonds is 1. The van der Waals surface area contributed by atoms with Gasteiger partial charge in [0.1, 0.15) is 13.7 Å². The Bertz CT molecular complexity index is 693. The van der Waals surface area contributed by atoms with Gasteiger partial charge in [0, 0.05) is 25.2 Å². The van der Waals surface area contributed by atoms with Gasteiger partial charge in [-0.2, -0.15) is 5.06 Å². The molecule has 1 heterocycles. The summed E-state index contributed by atoms with van der Waals surface area (Å²) in [6.45, 7) is 13.4. The van der Waals surface area contributed by atoms with Crippen LogP contribution in [0.4, 0.5) is 4.79 Å². The highest BCUT2D eigenvalue weighted by Crippen LogP contribution is 2.25. The maximum Gasteiger partial charge on any atom is 0.410 e. The molecule has 142 valence electrons. The van der Waals surface area contributed by atoms with E-state index in [9.17, 15) is 10.0 Å². The van der Waals surface area contributed by atoms with E-state index in [0.717, 1.165) is 11.1 Å². The summed E-state index contributed by atoms with van der Waals surface area (Å²) in [5.74, 6) is 3.23. The molecular weight excluding hydrogens is 344 g/mol. The van der Waals surface area contributed by atoms with E-state index in [0.29, 0.717) is 19.6 Å². The van der Waals surface area contributed by atoms with Crippen LogP contribution in [-0.2, 0) is 4.74 Å². The van der Waals surface area contributed by atoms with Crippen LogP contribution in [0.25, 0.3) is 0 Å². The fraction of sp³-hybridized carbons (Fsp3) is 0.550. The largest absolute Gasteiger partial charge is 0.444 e. The van der Waals surface area contributed by atoms with Crippen LogP contribution < -0.4 is 0 Å². The molecule has 1 unspecified atom stereocenters. The van der Waals surface area contributed by atoms with Crippen molar-refractivity contribution in [3.8, 4) is 11.5 Å². The molecule has 1 amide bonds. The molecule has 6 heteroatoms. The minimum atomic E-state index is -1.41. The molecule has 0 saturated carbocycles. The number of carbonyl (C=O) groups excluding carboxylic acids is 1. The summed E-state index contributed by atoms with van der Waals surface area (Å²) in [5, 5.41) is 11.6. The molecule has 1 aliphatic heterocycles. The Morgan fingerprint density at radius 1 is 1.19 bits per heavy atom. The van der Waals surface area contributed by atoms with Crippen LogP contribution >= 0.6 is 0 Å². The van der Waals surface area contributed by atoms with Crippen molar-refractivity contribution in [1.82, 2.24) is 9.96 Å². The summed E-state index contributed by atoms with van der Waals surface area (Å²) in [5.41, 5.74) is 4.75. The number of hydrogen-bond donors (Lipinski definition) is 1. The average Bonchev–Trinajstić information content (AvgIpc) is 2.51. The van der Waals surface area contributed by atoms with Crippen molar-refractivity contribution in [2.45, 2.75) is 52.1 Å². The smallest absolute Gasteiger partial charge is 0.410 e. The van der Waals surface area contributed by atoms with E-state index in [4.69, 9.17) is 4.74 Å². The summed E-state index contributed by atoms with van der Waals surface area (Å²) in [6, 6.07) is 7.63. The third kappa shape index (κ3) is 6.17. The molecule has 0 aromatic heterocycles. The van der Waals surface area contributed by atoms with E-state index in [1.54, 1.807) is 4.90 Å². The van der Waals surface area contributed by atoms with Crippen LogP contribution in [0.2, 0.25) is 19.6 Å². The molecule has 2 rings (SSSR count). The van der Waals surface area contributed by atoms with E-state index < -0.39 is 13.7 Å². The van der Waals surface area contributed by atoms with Gasteiger partial charge in [0.2, 0.25) is 0 Å². The van der Waals surface area contributed by atoms with Crippen molar-refractivity contribution in [1.29, 1.82) is 0 Å². The summed E-state index contributed by atoms with van der Waals surface area (Å²) in [7, 11) is -1.41. The van der Waals surface area contributed by atoms with Gasteiger partial charge in [-0.3, -0.25) is 0 Å². The molecule has 1 fully saturated rings.